The minimum Gasteiger partial charge on any atom is -0.454 e. The minimum absolute atomic E-state index is 0.179. The number of carbonyl (C=O) groups excluding carboxylic acids is 2. The standard InChI is InChI=1S/C12H12ClNO4/c13-11(15)2-1-5-14-12(16)8-3-4-9-10(6-8)18-7-17-9/h3-4,6H,1-2,5,7H2,(H,14,16). The summed E-state index contributed by atoms with van der Waals surface area (Å²) in [5.74, 6) is 0.994. The smallest absolute Gasteiger partial charge is 0.251 e. The maximum absolute atomic E-state index is 11.8. The number of hydrogen-bond donors (Lipinski definition) is 1. The molecular weight excluding hydrogens is 258 g/mol. The maximum Gasteiger partial charge on any atom is 0.251 e. The molecule has 1 N–H and O–H groups in total. The Balaban J connectivity index is 1.87. The highest BCUT2D eigenvalue weighted by molar-refractivity contribution is 6.63. The number of nitrogens with one attached hydrogen (secondary N) is 1. The Labute approximate surface area is 109 Å². The number of halogens is 1. The van der Waals surface area contributed by atoms with Crippen molar-refractivity contribution in [1.29, 1.82) is 0 Å². The lowest BCUT2D eigenvalue weighted by Gasteiger charge is -2.05. The van der Waals surface area contributed by atoms with Crippen molar-refractivity contribution in [1.82, 2.24) is 5.32 Å². The van der Waals surface area contributed by atoms with E-state index in [1.54, 1.807) is 18.2 Å². The number of rotatable bonds is 5. The molecule has 0 radical (unpaired) electrons. The molecule has 1 amide bonds. The van der Waals surface area contributed by atoms with Crippen molar-refractivity contribution < 1.29 is 19.1 Å². The fraction of sp³-hybridized carbons (Fsp3) is 0.333. The summed E-state index contributed by atoms with van der Waals surface area (Å²) in [7, 11) is 0. The van der Waals surface area contributed by atoms with Crippen molar-refractivity contribution in [3.8, 4) is 11.5 Å². The largest absolute Gasteiger partial charge is 0.454 e. The van der Waals surface area contributed by atoms with Gasteiger partial charge in [0.15, 0.2) is 11.5 Å². The van der Waals surface area contributed by atoms with Crippen LogP contribution >= 0.6 is 11.6 Å². The van der Waals surface area contributed by atoms with Crippen molar-refractivity contribution in [2.45, 2.75) is 12.8 Å². The highest BCUT2D eigenvalue weighted by Crippen LogP contribution is 2.32. The summed E-state index contributed by atoms with van der Waals surface area (Å²) in [5, 5.41) is 2.30. The van der Waals surface area contributed by atoms with Crippen LogP contribution in [0.2, 0.25) is 0 Å². The van der Waals surface area contributed by atoms with Crippen molar-refractivity contribution in [3.63, 3.8) is 0 Å². The van der Waals surface area contributed by atoms with Gasteiger partial charge in [0.25, 0.3) is 5.91 Å². The van der Waals surface area contributed by atoms with Crippen LogP contribution in [0.25, 0.3) is 0 Å². The molecule has 18 heavy (non-hydrogen) atoms. The van der Waals surface area contributed by atoms with Gasteiger partial charge in [0, 0.05) is 18.5 Å². The van der Waals surface area contributed by atoms with E-state index in [4.69, 9.17) is 21.1 Å². The quantitative estimate of drug-likeness (QED) is 0.653. The van der Waals surface area contributed by atoms with Crippen LogP contribution in [0.4, 0.5) is 0 Å². The average molecular weight is 270 g/mol. The van der Waals surface area contributed by atoms with Gasteiger partial charge in [0.2, 0.25) is 12.0 Å². The molecule has 1 heterocycles. The predicted octanol–water partition coefficient (Wildman–Crippen LogP) is 1.69. The first-order chi connectivity index (χ1) is 8.66. The Bertz CT molecular complexity index is 475. The molecule has 1 aliphatic heterocycles. The number of amides is 1. The second-order valence-electron chi connectivity index (χ2n) is 3.78. The van der Waals surface area contributed by atoms with Gasteiger partial charge in [0.1, 0.15) is 0 Å². The summed E-state index contributed by atoms with van der Waals surface area (Å²) in [5.41, 5.74) is 0.497. The van der Waals surface area contributed by atoms with E-state index in [1.165, 1.54) is 0 Å². The van der Waals surface area contributed by atoms with Gasteiger partial charge in [-0.15, -0.1) is 0 Å². The minimum atomic E-state index is -0.396. The van der Waals surface area contributed by atoms with Crippen LogP contribution < -0.4 is 14.8 Å². The van der Waals surface area contributed by atoms with Gasteiger partial charge < -0.3 is 14.8 Å². The van der Waals surface area contributed by atoms with Gasteiger partial charge in [-0.1, -0.05) is 0 Å². The summed E-state index contributed by atoms with van der Waals surface area (Å²) in [4.78, 5) is 22.3. The van der Waals surface area contributed by atoms with Crippen molar-refractivity contribution >= 4 is 22.8 Å². The van der Waals surface area contributed by atoms with Crippen LogP contribution in [0.5, 0.6) is 11.5 Å². The van der Waals surface area contributed by atoms with Crippen molar-refractivity contribution in [3.05, 3.63) is 23.8 Å². The molecule has 0 saturated heterocycles. The van der Waals surface area contributed by atoms with E-state index in [0.29, 0.717) is 30.0 Å². The third kappa shape index (κ3) is 3.13. The molecule has 1 aromatic rings. The zero-order valence-corrected chi connectivity index (χ0v) is 10.3. The monoisotopic (exact) mass is 269 g/mol. The molecule has 0 saturated carbocycles. The molecule has 2 rings (SSSR count). The Morgan fingerprint density at radius 2 is 2.06 bits per heavy atom. The lowest BCUT2D eigenvalue weighted by atomic mass is 10.2. The number of ether oxygens (including phenoxy) is 2. The summed E-state index contributed by atoms with van der Waals surface area (Å²) in [6.07, 6.45) is 0.779. The highest BCUT2D eigenvalue weighted by Gasteiger charge is 2.15. The molecule has 6 heteroatoms. The van der Waals surface area contributed by atoms with Crippen molar-refractivity contribution in [2.24, 2.45) is 0 Å². The zero-order valence-electron chi connectivity index (χ0n) is 9.57. The second kappa shape index (κ2) is 5.73. The Hall–Kier alpha value is -1.75. The molecule has 96 valence electrons. The van der Waals surface area contributed by atoms with E-state index < -0.39 is 5.24 Å². The lowest BCUT2D eigenvalue weighted by molar-refractivity contribution is -0.111. The Kier molecular flexibility index (Phi) is 4.04. The lowest BCUT2D eigenvalue weighted by Crippen LogP contribution is -2.24. The maximum atomic E-state index is 11.8. The van der Waals surface area contributed by atoms with Crippen LogP contribution in [0.1, 0.15) is 23.2 Å². The number of fused-ring (bicyclic) bond motifs is 1. The van der Waals surface area contributed by atoms with E-state index >= 15 is 0 Å². The van der Waals surface area contributed by atoms with Gasteiger partial charge in [-0.05, 0) is 36.2 Å². The molecular formula is C12H12ClNO4. The molecule has 0 atom stereocenters. The Morgan fingerprint density at radius 1 is 1.28 bits per heavy atom. The molecule has 5 nitrogen and oxygen atoms in total. The van der Waals surface area contributed by atoms with Gasteiger partial charge >= 0.3 is 0 Å². The first-order valence-corrected chi connectivity index (χ1v) is 5.91. The highest BCUT2D eigenvalue weighted by atomic mass is 35.5. The number of hydrogen-bond acceptors (Lipinski definition) is 4. The topological polar surface area (TPSA) is 64.6 Å². The number of benzene rings is 1. The van der Waals surface area contributed by atoms with Crippen LogP contribution in [-0.2, 0) is 4.79 Å². The summed E-state index contributed by atoms with van der Waals surface area (Å²) < 4.78 is 10.3. The fourth-order valence-corrected chi connectivity index (χ4v) is 1.70. The van der Waals surface area contributed by atoms with E-state index in [-0.39, 0.29) is 19.1 Å². The zero-order chi connectivity index (χ0) is 13.0. The third-order valence-electron chi connectivity index (χ3n) is 2.47. The molecule has 0 unspecified atom stereocenters. The molecule has 0 aromatic heterocycles. The first kappa shape index (κ1) is 12.7. The van der Waals surface area contributed by atoms with Crippen LogP contribution in [-0.4, -0.2) is 24.5 Å². The van der Waals surface area contributed by atoms with Gasteiger partial charge in [-0.25, -0.2) is 0 Å². The van der Waals surface area contributed by atoms with E-state index in [1.807, 2.05) is 0 Å². The summed E-state index contributed by atoms with van der Waals surface area (Å²) in [6, 6.07) is 4.99. The van der Waals surface area contributed by atoms with Gasteiger partial charge in [-0.2, -0.15) is 0 Å². The van der Waals surface area contributed by atoms with Gasteiger partial charge in [0.05, 0.1) is 0 Å². The normalized spacial score (nSPS) is 12.3. The molecule has 0 aliphatic carbocycles. The first-order valence-electron chi connectivity index (χ1n) is 5.53. The summed E-state index contributed by atoms with van der Waals surface area (Å²) in [6.45, 7) is 0.587. The molecule has 0 fully saturated rings. The van der Waals surface area contributed by atoms with E-state index in [2.05, 4.69) is 5.32 Å². The molecule has 1 aromatic carbocycles. The van der Waals surface area contributed by atoms with Crippen LogP contribution in [0.15, 0.2) is 18.2 Å². The van der Waals surface area contributed by atoms with Crippen molar-refractivity contribution in [2.75, 3.05) is 13.3 Å². The fourth-order valence-electron chi connectivity index (χ4n) is 1.57. The molecule has 0 bridgehead atoms. The predicted molar refractivity (Wildman–Crippen MR) is 65.0 cm³/mol. The number of carbonyl (C=O) groups is 2. The molecule has 1 aliphatic rings. The molecule has 0 spiro atoms. The van der Waals surface area contributed by atoms with E-state index in [9.17, 15) is 9.59 Å². The third-order valence-corrected chi connectivity index (χ3v) is 2.66. The van der Waals surface area contributed by atoms with E-state index in [0.717, 1.165) is 0 Å². The Morgan fingerprint density at radius 3 is 2.83 bits per heavy atom. The SMILES string of the molecule is O=C(Cl)CCCNC(=O)c1ccc2c(c1)OCO2. The summed E-state index contributed by atoms with van der Waals surface area (Å²) >= 11 is 5.19. The second-order valence-corrected chi connectivity index (χ2v) is 4.20. The van der Waals surface area contributed by atoms with Crippen LogP contribution in [0.3, 0.4) is 0 Å². The van der Waals surface area contributed by atoms with Gasteiger partial charge in [-0.3, -0.25) is 9.59 Å². The average Bonchev–Trinajstić information content (AvgIpc) is 2.81. The van der Waals surface area contributed by atoms with Crippen LogP contribution in [0, 0.1) is 0 Å².